The van der Waals surface area contributed by atoms with Crippen LogP contribution in [0.1, 0.15) is 22.0 Å². The van der Waals surface area contributed by atoms with Crippen molar-refractivity contribution in [1.82, 2.24) is 0 Å². The minimum Gasteiger partial charge on any atom is -0.461 e. The Hall–Kier alpha value is -3.98. The van der Waals surface area contributed by atoms with E-state index in [2.05, 4.69) is 10.0 Å². The van der Waals surface area contributed by atoms with E-state index in [0.29, 0.717) is 5.56 Å². The fraction of sp³-hybridized carbons (Fsp3) is 0.133. The molecule has 0 aliphatic rings. The molecule has 0 fully saturated rings. The molecule has 0 aliphatic heterocycles. The Morgan fingerprint density at radius 1 is 1.12 bits per heavy atom. The van der Waals surface area contributed by atoms with E-state index in [1.165, 1.54) is 0 Å². The summed E-state index contributed by atoms with van der Waals surface area (Å²) >= 11 is 0. The number of azide groups is 1. The van der Waals surface area contributed by atoms with E-state index in [9.17, 15) is 25.0 Å². The van der Waals surface area contributed by atoms with Crippen LogP contribution in [0, 0.1) is 20.2 Å². The van der Waals surface area contributed by atoms with Gasteiger partial charge in [-0.05, 0) is 11.1 Å². The van der Waals surface area contributed by atoms with Gasteiger partial charge in [0.2, 0.25) is 0 Å². The number of hydrogen-bond acceptors (Lipinski definition) is 7. The van der Waals surface area contributed by atoms with Gasteiger partial charge in [-0.3, -0.25) is 20.2 Å². The van der Waals surface area contributed by atoms with E-state index < -0.39 is 33.2 Å². The third-order valence-corrected chi connectivity index (χ3v) is 3.31. The number of rotatable bonds is 7. The highest BCUT2D eigenvalue weighted by atomic mass is 16.6. The minimum atomic E-state index is -1.01. The van der Waals surface area contributed by atoms with Gasteiger partial charge in [-0.2, -0.15) is 0 Å². The van der Waals surface area contributed by atoms with Crippen molar-refractivity contribution in [1.29, 1.82) is 0 Å². The molecule has 0 spiro atoms. The average molecular weight is 357 g/mol. The molecule has 132 valence electrons. The quantitative estimate of drug-likeness (QED) is 0.183. The number of carbonyl (C=O) groups is 1. The molecule has 1 atom stereocenters. The molecule has 26 heavy (non-hydrogen) atoms. The summed E-state index contributed by atoms with van der Waals surface area (Å²) in [4.78, 5) is 34.8. The molecule has 11 nitrogen and oxygen atoms in total. The van der Waals surface area contributed by atoms with Gasteiger partial charge < -0.3 is 4.74 Å². The van der Waals surface area contributed by atoms with E-state index >= 15 is 0 Å². The maximum atomic E-state index is 12.1. The van der Waals surface area contributed by atoms with Crippen LogP contribution in [0.5, 0.6) is 0 Å². The molecular weight excluding hydrogens is 346 g/mol. The third-order valence-electron chi connectivity index (χ3n) is 3.31. The lowest BCUT2D eigenvalue weighted by Crippen LogP contribution is -2.12. The second-order valence-electron chi connectivity index (χ2n) is 4.98. The maximum absolute atomic E-state index is 12.1. The number of non-ortho nitro benzene ring substituents is 2. The van der Waals surface area contributed by atoms with Crippen LogP contribution in [0.15, 0.2) is 53.6 Å². The van der Waals surface area contributed by atoms with Crippen LogP contribution in [0.2, 0.25) is 0 Å². The molecule has 0 saturated heterocycles. The number of benzene rings is 2. The molecule has 2 aromatic carbocycles. The summed E-state index contributed by atoms with van der Waals surface area (Å²) in [6.45, 7) is -0.330. The van der Waals surface area contributed by atoms with E-state index in [1.807, 2.05) is 0 Å². The Labute approximate surface area is 145 Å². The van der Waals surface area contributed by atoms with Gasteiger partial charge in [0, 0.05) is 17.0 Å². The van der Waals surface area contributed by atoms with Gasteiger partial charge in [0.15, 0.2) is 0 Å². The summed E-state index contributed by atoms with van der Waals surface area (Å²) in [6.07, 6.45) is 0. The molecule has 0 radical (unpaired) electrons. The Bertz CT molecular complexity index is 862. The standard InChI is InChI=1S/C15H11N5O6/c16-18-17-14(10-4-2-1-3-5-10)9-26-15(21)11-6-12(19(22)23)8-13(7-11)20(24)25/h1-8,14H,9H2/t14-/m1/s1. The first-order valence-corrected chi connectivity index (χ1v) is 7.12. The second kappa shape index (κ2) is 8.22. The fourth-order valence-corrected chi connectivity index (χ4v) is 2.10. The Balaban J connectivity index is 2.22. The highest BCUT2D eigenvalue weighted by Crippen LogP contribution is 2.24. The van der Waals surface area contributed by atoms with Crippen LogP contribution in [-0.2, 0) is 4.74 Å². The Morgan fingerprint density at radius 2 is 1.69 bits per heavy atom. The first-order chi connectivity index (χ1) is 12.4. The normalized spacial score (nSPS) is 11.1. The summed E-state index contributed by atoms with van der Waals surface area (Å²) in [5, 5.41) is 25.3. The van der Waals surface area contributed by atoms with E-state index in [-0.39, 0.29) is 12.2 Å². The van der Waals surface area contributed by atoms with Gasteiger partial charge in [-0.15, -0.1) is 0 Å². The summed E-state index contributed by atoms with van der Waals surface area (Å²) in [6, 6.07) is 10.2. The fourth-order valence-electron chi connectivity index (χ4n) is 2.10. The van der Waals surface area contributed by atoms with Crippen molar-refractivity contribution >= 4 is 17.3 Å². The SMILES string of the molecule is [N-]=[N+]=N[C@H](COC(=O)c1cc([N+](=O)[O-])cc([N+](=O)[O-])c1)c1ccccc1. The monoisotopic (exact) mass is 357 g/mol. The van der Waals surface area contributed by atoms with Crippen molar-refractivity contribution in [2.24, 2.45) is 5.11 Å². The number of esters is 1. The summed E-state index contributed by atoms with van der Waals surface area (Å²) in [7, 11) is 0. The smallest absolute Gasteiger partial charge is 0.338 e. The Kier molecular flexibility index (Phi) is 5.80. The lowest BCUT2D eigenvalue weighted by molar-refractivity contribution is -0.394. The van der Waals surface area contributed by atoms with Crippen molar-refractivity contribution in [3.63, 3.8) is 0 Å². The topological polar surface area (TPSA) is 161 Å². The minimum absolute atomic E-state index is 0.330. The van der Waals surface area contributed by atoms with Crippen molar-refractivity contribution in [3.05, 3.63) is 90.3 Å². The van der Waals surface area contributed by atoms with E-state index in [0.717, 1.165) is 18.2 Å². The molecule has 0 aromatic heterocycles. The van der Waals surface area contributed by atoms with Crippen molar-refractivity contribution in [2.45, 2.75) is 6.04 Å². The van der Waals surface area contributed by atoms with E-state index in [1.54, 1.807) is 30.3 Å². The number of hydrogen-bond donors (Lipinski definition) is 0. The van der Waals surface area contributed by atoms with Gasteiger partial charge in [0.05, 0.1) is 27.5 Å². The molecule has 0 heterocycles. The molecule has 0 saturated carbocycles. The molecular formula is C15H11N5O6. The first-order valence-electron chi connectivity index (χ1n) is 7.12. The van der Waals surface area contributed by atoms with Crippen LogP contribution in [0.25, 0.3) is 10.4 Å². The van der Waals surface area contributed by atoms with Crippen molar-refractivity contribution < 1.29 is 19.4 Å². The average Bonchev–Trinajstić information content (AvgIpc) is 2.65. The zero-order valence-corrected chi connectivity index (χ0v) is 13.1. The molecule has 0 unspecified atom stereocenters. The third kappa shape index (κ3) is 4.52. The highest BCUT2D eigenvalue weighted by molar-refractivity contribution is 5.91. The first kappa shape index (κ1) is 18.4. The zero-order valence-electron chi connectivity index (χ0n) is 13.1. The van der Waals surface area contributed by atoms with Crippen LogP contribution < -0.4 is 0 Å². The molecule has 0 amide bonds. The summed E-state index contributed by atoms with van der Waals surface area (Å²) in [5.41, 5.74) is 7.67. The van der Waals surface area contributed by atoms with Crippen LogP contribution in [0.3, 0.4) is 0 Å². The van der Waals surface area contributed by atoms with Gasteiger partial charge in [-0.1, -0.05) is 35.4 Å². The van der Waals surface area contributed by atoms with Gasteiger partial charge in [0.25, 0.3) is 11.4 Å². The van der Waals surface area contributed by atoms with E-state index in [4.69, 9.17) is 10.3 Å². The van der Waals surface area contributed by atoms with Gasteiger partial charge in [0.1, 0.15) is 6.61 Å². The maximum Gasteiger partial charge on any atom is 0.338 e. The molecule has 11 heteroatoms. The second-order valence-corrected chi connectivity index (χ2v) is 4.98. The molecule has 2 rings (SSSR count). The lowest BCUT2D eigenvalue weighted by atomic mass is 10.1. The molecule has 0 aliphatic carbocycles. The highest BCUT2D eigenvalue weighted by Gasteiger charge is 2.21. The number of carbonyl (C=O) groups excluding carboxylic acids is 1. The summed E-state index contributed by atoms with van der Waals surface area (Å²) < 4.78 is 5.02. The predicted molar refractivity (Wildman–Crippen MR) is 88.4 cm³/mol. The van der Waals surface area contributed by atoms with Crippen LogP contribution in [-0.4, -0.2) is 22.4 Å². The van der Waals surface area contributed by atoms with Crippen molar-refractivity contribution in [3.8, 4) is 0 Å². The summed E-state index contributed by atoms with van der Waals surface area (Å²) in [5.74, 6) is -1.01. The number of nitro benzene ring substituents is 2. The Morgan fingerprint density at radius 3 is 2.19 bits per heavy atom. The zero-order chi connectivity index (χ0) is 19.1. The largest absolute Gasteiger partial charge is 0.461 e. The van der Waals surface area contributed by atoms with Crippen LogP contribution in [0.4, 0.5) is 11.4 Å². The van der Waals surface area contributed by atoms with Gasteiger partial charge >= 0.3 is 5.97 Å². The van der Waals surface area contributed by atoms with Crippen LogP contribution >= 0.6 is 0 Å². The predicted octanol–water partition coefficient (Wildman–Crippen LogP) is 3.71. The molecule has 2 aromatic rings. The molecule has 0 N–H and O–H groups in total. The number of ether oxygens (including phenoxy) is 1. The lowest BCUT2D eigenvalue weighted by Gasteiger charge is -2.12. The van der Waals surface area contributed by atoms with Crippen molar-refractivity contribution in [2.75, 3.05) is 6.61 Å². The molecule has 0 bridgehead atoms. The number of nitrogens with zero attached hydrogens (tertiary/aromatic N) is 5. The van der Waals surface area contributed by atoms with Gasteiger partial charge in [-0.25, -0.2) is 4.79 Å². The number of nitro groups is 2.